The molecule has 4 nitrogen and oxygen atoms in total. The van der Waals surface area contributed by atoms with Gasteiger partial charge < -0.3 is 10.1 Å². The van der Waals surface area contributed by atoms with E-state index < -0.39 is 5.97 Å². The van der Waals surface area contributed by atoms with Crippen LogP contribution in [0.4, 0.5) is 0 Å². The van der Waals surface area contributed by atoms with Gasteiger partial charge in [0.15, 0.2) is 0 Å². The highest BCUT2D eigenvalue weighted by Crippen LogP contribution is 2.24. The average Bonchev–Trinajstić information content (AvgIpc) is 2.49. The summed E-state index contributed by atoms with van der Waals surface area (Å²) in [6, 6.07) is 1.71. The molecule has 0 spiro atoms. The summed E-state index contributed by atoms with van der Waals surface area (Å²) in [6.45, 7) is 0. The third-order valence-corrected chi connectivity index (χ3v) is 2.41. The fraction of sp³-hybridized carbons (Fsp3) is 0. The Morgan fingerprint density at radius 2 is 2.38 bits per heavy atom. The maximum Gasteiger partial charge on any atom is 0.337 e. The van der Waals surface area contributed by atoms with Crippen LogP contribution in [0.2, 0.25) is 0 Å². The molecule has 66 valence electrons. The number of aromatic nitrogens is 2. The van der Waals surface area contributed by atoms with Crippen molar-refractivity contribution in [3.8, 4) is 0 Å². The van der Waals surface area contributed by atoms with E-state index in [1.54, 1.807) is 12.3 Å². The summed E-state index contributed by atoms with van der Waals surface area (Å²) in [6.07, 6.45) is 3.04. The minimum absolute atomic E-state index is 0.231. The first-order valence-electron chi connectivity index (χ1n) is 3.55. The van der Waals surface area contributed by atoms with Crippen molar-refractivity contribution in [2.45, 2.75) is 0 Å². The van der Waals surface area contributed by atoms with Crippen LogP contribution in [0, 0.1) is 0 Å². The van der Waals surface area contributed by atoms with Crippen LogP contribution >= 0.6 is 15.9 Å². The molecular weight excluding hydrogens is 236 g/mol. The first-order chi connectivity index (χ1) is 6.20. The molecule has 0 saturated carbocycles. The lowest BCUT2D eigenvalue weighted by molar-refractivity contribution is 0.0699. The number of nitrogens with zero attached hydrogens (tertiary/aromatic N) is 1. The SMILES string of the molecule is O=C(O)c1c[nH]c2nccc(Br)c12. The first kappa shape index (κ1) is 8.25. The molecule has 2 N–H and O–H groups in total. The minimum Gasteiger partial charge on any atom is -0.478 e. The van der Waals surface area contributed by atoms with Gasteiger partial charge >= 0.3 is 5.97 Å². The van der Waals surface area contributed by atoms with Gasteiger partial charge in [0.25, 0.3) is 0 Å². The Morgan fingerprint density at radius 1 is 1.62 bits per heavy atom. The average molecular weight is 241 g/mol. The van der Waals surface area contributed by atoms with Gasteiger partial charge in [0.1, 0.15) is 5.65 Å². The molecule has 2 aromatic rings. The predicted octanol–water partition coefficient (Wildman–Crippen LogP) is 2.02. The van der Waals surface area contributed by atoms with Gasteiger partial charge in [-0.3, -0.25) is 0 Å². The Morgan fingerprint density at radius 3 is 3.08 bits per heavy atom. The van der Waals surface area contributed by atoms with Crippen LogP contribution in [-0.2, 0) is 0 Å². The van der Waals surface area contributed by atoms with Crippen molar-refractivity contribution < 1.29 is 9.90 Å². The number of rotatable bonds is 1. The second-order valence-electron chi connectivity index (χ2n) is 2.52. The van der Waals surface area contributed by atoms with E-state index in [-0.39, 0.29) is 5.56 Å². The quantitative estimate of drug-likeness (QED) is 0.802. The van der Waals surface area contributed by atoms with E-state index in [9.17, 15) is 4.79 Å². The van der Waals surface area contributed by atoms with Crippen LogP contribution in [0.25, 0.3) is 11.0 Å². The van der Waals surface area contributed by atoms with Crippen molar-refractivity contribution in [3.05, 3.63) is 28.5 Å². The second kappa shape index (κ2) is 2.85. The second-order valence-corrected chi connectivity index (χ2v) is 3.38. The highest BCUT2D eigenvalue weighted by atomic mass is 79.9. The number of halogens is 1. The number of hydrogen-bond donors (Lipinski definition) is 2. The normalized spacial score (nSPS) is 10.5. The van der Waals surface area contributed by atoms with Gasteiger partial charge in [-0.15, -0.1) is 0 Å². The summed E-state index contributed by atoms with van der Waals surface area (Å²) >= 11 is 3.27. The number of pyridine rings is 1. The molecule has 0 aliphatic rings. The number of carbonyl (C=O) groups is 1. The van der Waals surface area contributed by atoms with E-state index in [1.165, 1.54) is 6.20 Å². The van der Waals surface area contributed by atoms with E-state index in [1.807, 2.05) is 0 Å². The Kier molecular flexibility index (Phi) is 1.81. The maximum absolute atomic E-state index is 10.8. The smallest absolute Gasteiger partial charge is 0.337 e. The zero-order valence-electron chi connectivity index (χ0n) is 6.41. The summed E-state index contributed by atoms with van der Waals surface area (Å²) in [4.78, 5) is 17.5. The van der Waals surface area contributed by atoms with Gasteiger partial charge in [-0.2, -0.15) is 0 Å². The molecule has 0 aliphatic heterocycles. The van der Waals surface area contributed by atoms with Crippen molar-refractivity contribution in [3.63, 3.8) is 0 Å². The monoisotopic (exact) mass is 240 g/mol. The molecule has 0 unspecified atom stereocenters. The topological polar surface area (TPSA) is 66.0 Å². The summed E-state index contributed by atoms with van der Waals surface area (Å²) in [5.74, 6) is -0.958. The van der Waals surface area contributed by atoms with Crippen molar-refractivity contribution in [2.24, 2.45) is 0 Å². The molecule has 0 amide bonds. The Bertz CT molecular complexity index is 478. The van der Waals surface area contributed by atoms with E-state index in [2.05, 4.69) is 25.9 Å². The van der Waals surface area contributed by atoms with Gasteiger partial charge in [0.2, 0.25) is 0 Å². The molecule has 0 aromatic carbocycles. The molecule has 0 radical (unpaired) electrons. The molecule has 0 bridgehead atoms. The first-order valence-corrected chi connectivity index (χ1v) is 4.34. The van der Waals surface area contributed by atoms with Gasteiger partial charge in [-0.1, -0.05) is 0 Å². The standard InChI is InChI=1S/C8H5BrN2O2/c9-5-1-2-10-7-6(5)4(3-11-7)8(12)13/h1-3H,(H,10,11)(H,12,13). The summed E-state index contributed by atoms with van der Waals surface area (Å²) in [5.41, 5.74) is 0.807. The lowest BCUT2D eigenvalue weighted by Gasteiger charge is -1.94. The van der Waals surface area contributed by atoms with Crippen molar-refractivity contribution in [2.75, 3.05) is 0 Å². The summed E-state index contributed by atoms with van der Waals surface area (Å²) in [5, 5.41) is 9.43. The molecule has 2 rings (SSSR count). The number of aromatic carboxylic acids is 1. The fourth-order valence-electron chi connectivity index (χ4n) is 1.19. The zero-order chi connectivity index (χ0) is 9.42. The molecule has 0 saturated heterocycles. The third kappa shape index (κ3) is 1.21. The Labute approximate surface area is 81.7 Å². The van der Waals surface area contributed by atoms with Crippen LogP contribution in [0.15, 0.2) is 22.9 Å². The van der Waals surface area contributed by atoms with E-state index in [4.69, 9.17) is 5.11 Å². The fourth-order valence-corrected chi connectivity index (χ4v) is 1.70. The minimum atomic E-state index is -0.958. The lowest BCUT2D eigenvalue weighted by Crippen LogP contribution is -1.94. The predicted molar refractivity (Wildman–Crippen MR) is 50.8 cm³/mol. The van der Waals surface area contributed by atoms with E-state index in [0.29, 0.717) is 11.0 Å². The summed E-state index contributed by atoms with van der Waals surface area (Å²) in [7, 11) is 0. The number of fused-ring (bicyclic) bond motifs is 1. The highest BCUT2D eigenvalue weighted by Gasteiger charge is 2.12. The maximum atomic E-state index is 10.8. The Balaban J connectivity index is 2.86. The van der Waals surface area contributed by atoms with Crippen molar-refractivity contribution in [1.29, 1.82) is 0 Å². The van der Waals surface area contributed by atoms with Gasteiger partial charge in [-0.05, 0) is 22.0 Å². The molecular formula is C8H5BrN2O2. The largest absolute Gasteiger partial charge is 0.478 e. The van der Waals surface area contributed by atoms with Crippen molar-refractivity contribution in [1.82, 2.24) is 9.97 Å². The molecule has 0 fully saturated rings. The number of aromatic amines is 1. The highest BCUT2D eigenvalue weighted by molar-refractivity contribution is 9.10. The van der Waals surface area contributed by atoms with Crippen LogP contribution < -0.4 is 0 Å². The molecule has 0 aliphatic carbocycles. The lowest BCUT2D eigenvalue weighted by atomic mass is 10.2. The van der Waals surface area contributed by atoms with Gasteiger partial charge in [0, 0.05) is 22.3 Å². The molecule has 2 aromatic heterocycles. The zero-order valence-corrected chi connectivity index (χ0v) is 8.00. The van der Waals surface area contributed by atoms with E-state index >= 15 is 0 Å². The van der Waals surface area contributed by atoms with Gasteiger partial charge in [-0.25, -0.2) is 9.78 Å². The summed E-state index contributed by atoms with van der Waals surface area (Å²) < 4.78 is 0.733. The molecule has 2 heterocycles. The number of H-pyrrole nitrogens is 1. The third-order valence-electron chi connectivity index (χ3n) is 1.75. The number of carboxylic acids is 1. The molecule has 13 heavy (non-hydrogen) atoms. The van der Waals surface area contributed by atoms with Crippen LogP contribution in [0.1, 0.15) is 10.4 Å². The number of nitrogens with one attached hydrogen (secondary N) is 1. The van der Waals surface area contributed by atoms with Gasteiger partial charge in [0.05, 0.1) is 5.56 Å². The van der Waals surface area contributed by atoms with Crippen molar-refractivity contribution >= 4 is 32.9 Å². The Hall–Kier alpha value is -1.36. The van der Waals surface area contributed by atoms with Crippen LogP contribution in [0.5, 0.6) is 0 Å². The van der Waals surface area contributed by atoms with Crippen LogP contribution in [0.3, 0.4) is 0 Å². The number of carboxylic acid groups (broad SMARTS) is 1. The molecule has 0 atom stereocenters. The molecule has 5 heteroatoms. The van der Waals surface area contributed by atoms with Crippen LogP contribution in [-0.4, -0.2) is 21.0 Å². The number of hydrogen-bond acceptors (Lipinski definition) is 2. The van der Waals surface area contributed by atoms with E-state index in [0.717, 1.165) is 4.47 Å².